The Kier molecular flexibility index (Phi) is 2.37. The Balaban J connectivity index is 2.53. The highest BCUT2D eigenvalue weighted by Gasteiger charge is 2.07. The fraction of sp³-hybridized carbons (Fsp3) is 0.167. The third-order valence-electron chi connectivity index (χ3n) is 2.46. The van der Waals surface area contributed by atoms with E-state index in [2.05, 4.69) is 0 Å². The van der Waals surface area contributed by atoms with Gasteiger partial charge in [-0.05, 0) is 12.1 Å². The molecular formula is C12H14N2O. The highest BCUT2D eigenvalue weighted by molar-refractivity contribution is 5.72. The summed E-state index contributed by atoms with van der Waals surface area (Å²) in [5.74, 6) is 1.61. The predicted octanol–water partition coefficient (Wildman–Crippen LogP) is 2.28. The standard InChI is InChI=1S/C12H14N2O/c1-14-8-9(7-12(14)13)10-5-3-4-6-11(10)15-2/h3-8H,13H2,1-2H3. The van der Waals surface area contributed by atoms with E-state index in [4.69, 9.17) is 10.5 Å². The Morgan fingerprint density at radius 3 is 2.60 bits per heavy atom. The number of anilines is 1. The zero-order valence-corrected chi connectivity index (χ0v) is 8.90. The first-order valence-electron chi connectivity index (χ1n) is 4.77. The van der Waals surface area contributed by atoms with E-state index < -0.39 is 0 Å². The summed E-state index contributed by atoms with van der Waals surface area (Å²) < 4.78 is 7.19. The van der Waals surface area contributed by atoms with Crippen LogP contribution in [0.5, 0.6) is 5.75 Å². The smallest absolute Gasteiger partial charge is 0.126 e. The number of ether oxygens (including phenoxy) is 1. The lowest BCUT2D eigenvalue weighted by atomic mass is 10.1. The molecule has 1 aromatic carbocycles. The lowest BCUT2D eigenvalue weighted by Gasteiger charge is -2.05. The van der Waals surface area contributed by atoms with E-state index in [9.17, 15) is 0 Å². The monoisotopic (exact) mass is 202 g/mol. The van der Waals surface area contributed by atoms with Crippen molar-refractivity contribution in [2.24, 2.45) is 7.05 Å². The minimum absolute atomic E-state index is 0.746. The van der Waals surface area contributed by atoms with Crippen LogP contribution in [0.25, 0.3) is 11.1 Å². The van der Waals surface area contributed by atoms with Gasteiger partial charge in [-0.3, -0.25) is 0 Å². The summed E-state index contributed by atoms with van der Waals surface area (Å²) in [4.78, 5) is 0. The largest absolute Gasteiger partial charge is 0.496 e. The molecule has 15 heavy (non-hydrogen) atoms. The summed E-state index contributed by atoms with van der Waals surface area (Å²) in [6.45, 7) is 0. The second-order valence-electron chi connectivity index (χ2n) is 3.46. The predicted molar refractivity (Wildman–Crippen MR) is 61.8 cm³/mol. The first-order chi connectivity index (χ1) is 7.22. The number of para-hydroxylation sites is 1. The Labute approximate surface area is 89.1 Å². The molecule has 0 aliphatic carbocycles. The van der Waals surface area contributed by atoms with Gasteiger partial charge in [-0.1, -0.05) is 18.2 Å². The van der Waals surface area contributed by atoms with Crippen molar-refractivity contribution in [2.75, 3.05) is 12.8 Å². The van der Waals surface area contributed by atoms with Crippen molar-refractivity contribution in [2.45, 2.75) is 0 Å². The van der Waals surface area contributed by atoms with Gasteiger partial charge in [-0.2, -0.15) is 0 Å². The molecule has 2 rings (SSSR count). The molecule has 3 heteroatoms. The highest BCUT2D eigenvalue weighted by atomic mass is 16.5. The quantitative estimate of drug-likeness (QED) is 0.811. The van der Waals surface area contributed by atoms with Crippen LogP contribution in [-0.4, -0.2) is 11.7 Å². The van der Waals surface area contributed by atoms with Gasteiger partial charge in [-0.15, -0.1) is 0 Å². The number of aryl methyl sites for hydroxylation is 1. The Morgan fingerprint density at radius 2 is 2.00 bits per heavy atom. The molecule has 0 unspecified atom stereocenters. The molecule has 0 fully saturated rings. The second kappa shape index (κ2) is 3.69. The topological polar surface area (TPSA) is 40.2 Å². The molecule has 1 aromatic heterocycles. The Morgan fingerprint density at radius 1 is 1.27 bits per heavy atom. The molecule has 0 saturated carbocycles. The fourth-order valence-corrected chi connectivity index (χ4v) is 1.61. The van der Waals surface area contributed by atoms with Crippen molar-refractivity contribution < 1.29 is 4.74 Å². The SMILES string of the molecule is COc1ccccc1-c1cc(N)n(C)c1. The molecule has 78 valence electrons. The van der Waals surface area contributed by atoms with Crippen LogP contribution in [0.3, 0.4) is 0 Å². The summed E-state index contributed by atoms with van der Waals surface area (Å²) in [6, 6.07) is 9.85. The maximum absolute atomic E-state index is 5.79. The van der Waals surface area contributed by atoms with Gasteiger partial charge in [0.2, 0.25) is 0 Å². The van der Waals surface area contributed by atoms with Gasteiger partial charge in [0, 0.05) is 24.4 Å². The Hall–Kier alpha value is -1.90. The maximum Gasteiger partial charge on any atom is 0.126 e. The van der Waals surface area contributed by atoms with Crippen LogP contribution < -0.4 is 10.5 Å². The molecule has 0 radical (unpaired) electrons. The number of benzene rings is 1. The second-order valence-corrected chi connectivity index (χ2v) is 3.46. The average Bonchev–Trinajstić information content (AvgIpc) is 2.59. The van der Waals surface area contributed by atoms with Crippen LogP contribution in [0.4, 0.5) is 5.82 Å². The van der Waals surface area contributed by atoms with Gasteiger partial charge in [0.15, 0.2) is 0 Å². The summed E-state index contributed by atoms with van der Waals surface area (Å²) in [5.41, 5.74) is 7.93. The molecule has 0 aliphatic heterocycles. The summed E-state index contributed by atoms with van der Waals surface area (Å²) in [6.07, 6.45) is 1.99. The van der Waals surface area contributed by atoms with E-state index in [1.54, 1.807) is 7.11 Å². The van der Waals surface area contributed by atoms with Gasteiger partial charge in [-0.25, -0.2) is 0 Å². The van der Waals surface area contributed by atoms with E-state index in [1.165, 1.54) is 0 Å². The van der Waals surface area contributed by atoms with Crippen LogP contribution >= 0.6 is 0 Å². The molecule has 0 aliphatic rings. The van der Waals surface area contributed by atoms with E-state index in [1.807, 2.05) is 48.1 Å². The maximum atomic E-state index is 5.79. The lowest BCUT2D eigenvalue weighted by Crippen LogP contribution is -1.92. The molecule has 3 nitrogen and oxygen atoms in total. The van der Waals surface area contributed by atoms with Crippen LogP contribution in [0.2, 0.25) is 0 Å². The number of methoxy groups -OCH3 is 1. The van der Waals surface area contributed by atoms with Gasteiger partial charge >= 0.3 is 0 Å². The number of hydrogen-bond donors (Lipinski definition) is 1. The van der Waals surface area contributed by atoms with Gasteiger partial charge < -0.3 is 15.0 Å². The zero-order chi connectivity index (χ0) is 10.8. The average molecular weight is 202 g/mol. The van der Waals surface area contributed by atoms with Crippen molar-refractivity contribution in [3.63, 3.8) is 0 Å². The molecule has 0 atom stereocenters. The number of nitrogens with zero attached hydrogens (tertiary/aromatic N) is 1. The van der Waals surface area contributed by atoms with E-state index in [0.717, 1.165) is 22.7 Å². The molecule has 0 bridgehead atoms. The summed E-state index contributed by atoms with van der Waals surface area (Å²) >= 11 is 0. The zero-order valence-electron chi connectivity index (χ0n) is 8.90. The Bertz CT molecular complexity index is 455. The number of nitrogens with two attached hydrogens (primary N) is 1. The van der Waals surface area contributed by atoms with Crippen LogP contribution in [-0.2, 0) is 7.05 Å². The summed E-state index contributed by atoms with van der Waals surface area (Å²) in [7, 11) is 3.60. The lowest BCUT2D eigenvalue weighted by molar-refractivity contribution is 0.416. The van der Waals surface area contributed by atoms with Gasteiger partial charge in [0.25, 0.3) is 0 Å². The van der Waals surface area contributed by atoms with E-state index >= 15 is 0 Å². The summed E-state index contributed by atoms with van der Waals surface area (Å²) in [5, 5.41) is 0. The molecule has 0 saturated heterocycles. The third-order valence-corrected chi connectivity index (χ3v) is 2.46. The normalized spacial score (nSPS) is 10.3. The van der Waals surface area contributed by atoms with E-state index in [0.29, 0.717) is 0 Å². The van der Waals surface area contributed by atoms with Crippen LogP contribution in [0.1, 0.15) is 0 Å². The van der Waals surface area contributed by atoms with Crippen molar-refractivity contribution in [3.05, 3.63) is 36.5 Å². The molecule has 0 spiro atoms. The molecule has 0 amide bonds. The molecule has 2 aromatic rings. The van der Waals surface area contributed by atoms with Crippen molar-refractivity contribution in [1.82, 2.24) is 4.57 Å². The van der Waals surface area contributed by atoms with Crippen molar-refractivity contribution in [3.8, 4) is 16.9 Å². The minimum atomic E-state index is 0.746. The van der Waals surface area contributed by atoms with Crippen LogP contribution in [0.15, 0.2) is 36.5 Å². The fourth-order valence-electron chi connectivity index (χ4n) is 1.61. The first kappa shape index (κ1) is 9.65. The van der Waals surface area contributed by atoms with E-state index in [-0.39, 0.29) is 0 Å². The van der Waals surface area contributed by atoms with Crippen molar-refractivity contribution >= 4 is 5.82 Å². The van der Waals surface area contributed by atoms with Gasteiger partial charge in [0.1, 0.15) is 11.6 Å². The third kappa shape index (κ3) is 1.68. The number of rotatable bonds is 2. The molecule has 2 N–H and O–H groups in total. The molecular weight excluding hydrogens is 188 g/mol. The minimum Gasteiger partial charge on any atom is -0.496 e. The number of aromatic nitrogens is 1. The van der Waals surface area contributed by atoms with Crippen molar-refractivity contribution in [1.29, 1.82) is 0 Å². The van der Waals surface area contributed by atoms with Gasteiger partial charge in [0.05, 0.1) is 7.11 Å². The number of nitrogen functional groups attached to an aromatic ring is 1. The first-order valence-corrected chi connectivity index (χ1v) is 4.77. The van der Waals surface area contributed by atoms with Crippen LogP contribution in [0, 0.1) is 0 Å². The number of hydrogen-bond acceptors (Lipinski definition) is 2. The highest BCUT2D eigenvalue weighted by Crippen LogP contribution is 2.31. The molecule has 1 heterocycles.